The minimum absolute atomic E-state index is 0.0132. The standard InChI is InChI=1S/C29H21NO/c1-20(31)27-28(23-12-6-3-7-13-23)25-14-8-9-15-26(25)30-29(27)24-18-16-22(17-19-24)21-10-4-2-5-11-21/h2-19H,1H3. The molecule has 0 amide bonds. The van der Waals surface area contributed by atoms with Crippen molar-refractivity contribution in [3.05, 3.63) is 115 Å². The van der Waals surface area contributed by atoms with Gasteiger partial charge < -0.3 is 0 Å². The average Bonchev–Trinajstić information content (AvgIpc) is 2.84. The first-order chi connectivity index (χ1) is 15.2. The molecule has 0 radical (unpaired) electrons. The molecule has 2 nitrogen and oxygen atoms in total. The molecule has 31 heavy (non-hydrogen) atoms. The highest BCUT2D eigenvalue weighted by atomic mass is 16.1. The van der Waals surface area contributed by atoms with E-state index in [4.69, 9.17) is 4.98 Å². The van der Waals surface area contributed by atoms with Crippen molar-refractivity contribution in [2.75, 3.05) is 0 Å². The Bertz CT molecular complexity index is 1370. The zero-order chi connectivity index (χ0) is 21.2. The molecular weight excluding hydrogens is 378 g/mol. The van der Waals surface area contributed by atoms with Crippen LogP contribution in [0.2, 0.25) is 0 Å². The van der Waals surface area contributed by atoms with Crippen LogP contribution in [0.15, 0.2) is 109 Å². The molecule has 0 saturated heterocycles. The maximum absolute atomic E-state index is 12.9. The summed E-state index contributed by atoms with van der Waals surface area (Å²) in [6.45, 7) is 1.63. The van der Waals surface area contributed by atoms with E-state index >= 15 is 0 Å². The quantitative estimate of drug-likeness (QED) is 0.294. The molecule has 1 aromatic heterocycles. The molecule has 0 aliphatic rings. The Hall–Kier alpha value is -4.04. The highest BCUT2D eigenvalue weighted by Crippen LogP contribution is 2.37. The predicted molar refractivity (Wildman–Crippen MR) is 128 cm³/mol. The third kappa shape index (κ3) is 3.53. The summed E-state index contributed by atoms with van der Waals surface area (Å²) in [7, 11) is 0. The highest BCUT2D eigenvalue weighted by molar-refractivity contribution is 6.13. The van der Waals surface area contributed by atoms with Crippen molar-refractivity contribution in [3.8, 4) is 33.5 Å². The number of aromatic nitrogens is 1. The first-order valence-electron chi connectivity index (χ1n) is 10.4. The van der Waals surface area contributed by atoms with E-state index in [0.717, 1.165) is 44.4 Å². The number of benzene rings is 4. The second kappa shape index (κ2) is 8.00. The summed E-state index contributed by atoms with van der Waals surface area (Å²) in [5.74, 6) is 0.0132. The zero-order valence-corrected chi connectivity index (χ0v) is 17.2. The molecule has 0 N–H and O–H groups in total. The number of para-hydroxylation sites is 1. The molecular formula is C29H21NO. The van der Waals surface area contributed by atoms with Crippen molar-refractivity contribution >= 4 is 16.7 Å². The lowest BCUT2D eigenvalue weighted by Crippen LogP contribution is -2.04. The summed E-state index contributed by atoms with van der Waals surface area (Å²) in [4.78, 5) is 17.9. The molecule has 0 saturated carbocycles. The molecule has 0 bridgehead atoms. The molecule has 0 fully saturated rings. The second-order valence-corrected chi connectivity index (χ2v) is 7.59. The zero-order valence-electron chi connectivity index (χ0n) is 17.2. The summed E-state index contributed by atoms with van der Waals surface area (Å²) in [6.07, 6.45) is 0. The molecule has 5 rings (SSSR count). The number of fused-ring (bicyclic) bond motifs is 1. The Morgan fingerprint density at radius 3 is 1.74 bits per heavy atom. The Labute approximate surface area is 181 Å². The fourth-order valence-electron chi connectivity index (χ4n) is 4.12. The lowest BCUT2D eigenvalue weighted by Gasteiger charge is -2.16. The Kier molecular flexibility index (Phi) is 4.89. The molecule has 0 aliphatic heterocycles. The van der Waals surface area contributed by atoms with E-state index in [9.17, 15) is 4.79 Å². The molecule has 0 atom stereocenters. The predicted octanol–water partition coefficient (Wildman–Crippen LogP) is 7.44. The SMILES string of the molecule is CC(=O)c1c(-c2ccc(-c3ccccc3)cc2)nc2ccccc2c1-c1ccccc1. The van der Waals surface area contributed by atoms with E-state index in [0.29, 0.717) is 5.56 Å². The summed E-state index contributed by atoms with van der Waals surface area (Å²) in [6, 6.07) is 36.7. The molecule has 148 valence electrons. The molecule has 1 heterocycles. The second-order valence-electron chi connectivity index (χ2n) is 7.59. The molecule has 4 aromatic carbocycles. The maximum atomic E-state index is 12.9. The van der Waals surface area contributed by atoms with Gasteiger partial charge in [-0.05, 0) is 29.7 Å². The van der Waals surface area contributed by atoms with E-state index in [1.807, 2.05) is 60.7 Å². The van der Waals surface area contributed by atoms with Crippen LogP contribution in [-0.4, -0.2) is 10.8 Å². The van der Waals surface area contributed by atoms with Crippen LogP contribution >= 0.6 is 0 Å². The Morgan fingerprint density at radius 2 is 1.10 bits per heavy atom. The lowest BCUT2D eigenvalue weighted by molar-refractivity contribution is 0.101. The molecule has 0 spiro atoms. The first kappa shape index (κ1) is 19.0. The van der Waals surface area contributed by atoms with Gasteiger partial charge in [0, 0.05) is 16.5 Å². The van der Waals surface area contributed by atoms with Crippen LogP contribution in [-0.2, 0) is 0 Å². The van der Waals surface area contributed by atoms with E-state index < -0.39 is 0 Å². The largest absolute Gasteiger partial charge is 0.294 e. The van der Waals surface area contributed by atoms with Crippen LogP contribution in [0.3, 0.4) is 0 Å². The van der Waals surface area contributed by atoms with Gasteiger partial charge in [0.05, 0.1) is 16.8 Å². The third-order valence-electron chi connectivity index (χ3n) is 5.57. The van der Waals surface area contributed by atoms with Gasteiger partial charge in [0.15, 0.2) is 5.78 Å². The van der Waals surface area contributed by atoms with Gasteiger partial charge >= 0.3 is 0 Å². The number of hydrogen-bond donors (Lipinski definition) is 0. The number of carbonyl (C=O) groups is 1. The number of hydrogen-bond acceptors (Lipinski definition) is 2. The number of rotatable bonds is 4. The van der Waals surface area contributed by atoms with Crippen LogP contribution in [0.1, 0.15) is 17.3 Å². The van der Waals surface area contributed by atoms with Crippen LogP contribution in [0, 0.1) is 0 Å². The van der Waals surface area contributed by atoms with Gasteiger partial charge in [-0.15, -0.1) is 0 Å². The van der Waals surface area contributed by atoms with E-state index in [1.54, 1.807) is 6.92 Å². The Balaban J connectivity index is 1.76. The van der Waals surface area contributed by atoms with Crippen LogP contribution in [0.4, 0.5) is 0 Å². The lowest BCUT2D eigenvalue weighted by atomic mass is 9.90. The van der Waals surface area contributed by atoms with Crippen LogP contribution in [0.25, 0.3) is 44.4 Å². The van der Waals surface area contributed by atoms with Crippen molar-refractivity contribution in [1.29, 1.82) is 0 Å². The summed E-state index contributed by atoms with van der Waals surface area (Å²) < 4.78 is 0. The van der Waals surface area contributed by atoms with Gasteiger partial charge in [-0.1, -0.05) is 103 Å². The maximum Gasteiger partial charge on any atom is 0.162 e. The van der Waals surface area contributed by atoms with Crippen molar-refractivity contribution < 1.29 is 4.79 Å². The van der Waals surface area contributed by atoms with Crippen LogP contribution < -0.4 is 0 Å². The van der Waals surface area contributed by atoms with Gasteiger partial charge in [0.1, 0.15) is 0 Å². The van der Waals surface area contributed by atoms with Gasteiger partial charge in [0.2, 0.25) is 0 Å². The smallest absolute Gasteiger partial charge is 0.162 e. The molecule has 0 unspecified atom stereocenters. The van der Waals surface area contributed by atoms with E-state index in [2.05, 4.69) is 48.5 Å². The van der Waals surface area contributed by atoms with Crippen LogP contribution in [0.5, 0.6) is 0 Å². The monoisotopic (exact) mass is 399 g/mol. The normalized spacial score (nSPS) is 10.9. The van der Waals surface area contributed by atoms with Crippen molar-refractivity contribution in [1.82, 2.24) is 4.98 Å². The summed E-state index contributed by atoms with van der Waals surface area (Å²) in [5.41, 5.74) is 7.48. The fourth-order valence-corrected chi connectivity index (χ4v) is 4.12. The van der Waals surface area contributed by atoms with Gasteiger partial charge in [-0.25, -0.2) is 4.98 Å². The molecule has 5 aromatic rings. The Morgan fingerprint density at radius 1 is 0.581 bits per heavy atom. The molecule has 2 heteroatoms. The fraction of sp³-hybridized carbons (Fsp3) is 0.0345. The van der Waals surface area contributed by atoms with Crippen molar-refractivity contribution in [2.24, 2.45) is 0 Å². The average molecular weight is 399 g/mol. The number of ketones is 1. The topological polar surface area (TPSA) is 30.0 Å². The van der Waals surface area contributed by atoms with Crippen molar-refractivity contribution in [2.45, 2.75) is 6.92 Å². The van der Waals surface area contributed by atoms with E-state index in [-0.39, 0.29) is 5.78 Å². The van der Waals surface area contributed by atoms with E-state index in [1.165, 1.54) is 0 Å². The number of pyridine rings is 1. The van der Waals surface area contributed by atoms with Gasteiger partial charge in [0.25, 0.3) is 0 Å². The summed E-state index contributed by atoms with van der Waals surface area (Å²) in [5, 5.41) is 0.989. The molecule has 0 aliphatic carbocycles. The summed E-state index contributed by atoms with van der Waals surface area (Å²) >= 11 is 0. The third-order valence-corrected chi connectivity index (χ3v) is 5.57. The number of carbonyl (C=O) groups excluding carboxylic acids is 1. The van der Waals surface area contributed by atoms with Gasteiger partial charge in [-0.2, -0.15) is 0 Å². The first-order valence-corrected chi connectivity index (χ1v) is 10.4. The minimum Gasteiger partial charge on any atom is -0.294 e. The minimum atomic E-state index is 0.0132. The van der Waals surface area contributed by atoms with Crippen molar-refractivity contribution in [3.63, 3.8) is 0 Å². The number of Topliss-reactive ketones (excluding diaryl/α,β-unsaturated/α-hetero) is 1. The van der Waals surface area contributed by atoms with Gasteiger partial charge in [-0.3, -0.25) is 4.79 Å². The highest BCUT2D eigenvalue weighted by Gasteiger charge is 2.20. The number of nitrogens with zero attached hydrogens (tertiary/aromatic N) is 1.